The Balaban J connectivity index is 1.49. The van der Waals surface area contributed by atoms with Crippen LogP contribution in [-0.4, -0.2) is 25.5 Å². The van der Waals surface area contributed by atoms with E-state index in [1.54, 1.807) is 18.3 Å². The molecule has 0 atom stereocenters. The summed E-state index contributed by atoms with van der Waals surface area (Å²) in [5.41, 5.74) is 3.74. The van der Waals surface area contributed by atoms with Crippen LogP contribution in [0.1, 0.15) is 21.5 Å². The fourth-order valence-corrected chi connectivity index (χ4v) is 2.82. The Kier molecular flexibility index (Phi) is 4.15. The third-order valence-corrected chi connectivity index (χ3v) is 4.13. The van der Waals surface area contributed by atoms with Gasteiger partial charge in [0.15, 0.2) is 5.82 Å². The molecule has 128 valence electrons. The second-order valence-corrected chi connectivity index (χ2v) is 6.06. The minimum absolute atomic E-state index is 0.106. The first kappa shape index (κ1) is 16.0. The largest absolute Gasteiger partial charge is 0.348 e. The van der Waals surface area contributed by atoms with Crippen molar-refractivity contribution < 1.29 is 4.79 Å². The van der Waals surface area contributed by atoms with Gasteiger partial charge in [0, 0.05) is 30.1 Å². The van der Waals surface area contributed by atoms with Crippen molar-refractivity contribution in [1.29, 1.82) is 0 Å². The van der Waals surface area contributed by atoms with Crippen molar-refractivity contribution in [3.8, 4) is 11.4 Å². The number of fused-ring (bicyclic) bond motifs is 1. The van der Waals surface area contributed by atoms with E-state index in [4.69, 9.17) is 0 Å². The summed E-state index contributed by atoms with van der Waals surface area (Å²) in [5, 5.41) is 11.2. The fourth-order valence-electron chi connectivity index (χ4n) is 2.82. The molecule has 0 aliphatic carbocycles. The van der Waals surface area contributed by atoms with E-state index < -0.39 is 0 Å². The van der Waals surface area contributed by atoms with Crippen LogP contribution < -0.4 is 5.32 Å². The summed E-state index contributed by atoms with van der Waals surface area (Å²) < 4.78 is 1.81. The van der Waals surface area contributed by atoms with E-state index in [0.717, 1.165) is 11.1 Å². The van der Waals surface area contributed by atoms with E-state index >= 15 is 0 Å². The van der Waals surface area contributed by atoms with Gasteiger partial charge in [0.05, 0.1) is 0 Å². The van der Waals surface area contributed by atoms with Gasteiger partial charge in [-0.05, 0) is 30.7 Å². The van der Waals surface area contributed by atoms with E-state index in [1.165, 1.54) is 5.56 Å². The number of aromatic nitrogens is 4. The Morgan fingerprint density at radius 1 is 1.08 bits per heavy atom. The van der Waals surface area contributed by atoms with Gasteiger partial charge in [-0.1, -0.05) is 42.0 Å². The third-order valence-electron chi connectivity index (χ3n) is 4.13. The number of carbonyl (C=O) groups is 1. The van der Waals surface area contributed by atoms with E-state index in [9.17, 15) is 4.79 Å². The monoisotopic (exact) mass is 343 g/mol. The molecule has 0 aliphatic heterocycles. The van der Waals surface area contributed by atoms with Crippen molar-refractivity contribution in [2.75, 3.05) is 0 Å². The number of benzene rings is 2. The Morgan fingerprint density at radius 3 is 2.73 bits per heavy atom. The van der Waals surface area contributed by atoms with Crippen molar-refractivity contribution in [1.82, 2.24) is 24.9 Å². The quantitative estimate of drug-likeness (QED) is 0.618. The van der Waals surface area contributed by atoms with Crippen molar-refractivity contribution in [2.45, 2.75) is 13.5 Å². The predicted molar refractivity (Wildman–Crippen MR) is 98.6 cm³/mol. The molecule has 2 aromatic carbocycles. The van der Waals surface area contributed by atoms with Crippen LogP contribution in [0.2, 0.25) is 0 Å². The number of aryl methyl sites for hydroxylation is 1. The van der Waals surface area contributed by atoms with Gasteiger partial charge in [-0.15, -0.1) is 10.2 Å². The molecule has 0 aliphatic rings. The molecule has 1 N–H and O–H groups in total. The molecule has 0 unspecified atom stereocenters. The molecule has 0 fully saturated rings. The van der Waals surface area contributed by atoms with Crippen LogP contribution in [0.4, 0.5) is 0 Å². The molecule has 0 saturated carbocycles. The maximum Gasteiger partial charge on any atom is 0.255 e. The minimum atomic E-state index is -0.106. The zero-order chi connectivity index (χ0) is 17.9. The van der Waals surface area contributed by atoms with Crippen molar-refractivity contribution >= 4 is 11.7 Å². The Morgan fingerprint density at radius 2 is 1.92 bits per heavy atom. The van der Waals surface area contributed by atoms with E-state index in [2.05, 4.69) is 26.6 Å². The van der Waals surface area contributed by atoms with E-state index in [1.807, 2.05) is 53.9 Å². The Bertz CT molecular complexity index is 1070. The molecule has 6 nitrogen and oxygen atoms in total. The normalized spacial score (nSPS) is 10.8. The second-order valence-electron chi connectivity index (χ2n) is 6.06. The maximum absolute atomic E-state index is 12.4. The van der Waals surface area contributed by atoms with Crippen molar-refractivity contribution in [3.05, 3.63) is 83.7 Å². The lowest BCUT2D eigenvalue weighted by Gasteiger charge is -2.07. The lowest BCUT2D eigenvalue weighted by atomic mass is 10.1. The van der Waals surface area contributed by atoms with Gasteiger partial charge in [-0.3, -0.25) is 9.20 Å². The van der Waals surface area contributed by atoms with E-state index in [-0.39, 0.29) is 5.91 Å². The lowest BCUT2D eigenvalue weighted by Crippen LogP contribution is -2.22. The highest BCUT2D eigenvalue weighted by Gasteiger charge is 2.10. The van der Waals surface area contributed by atoms with Gasteiger partial charge in [0.25, 0.3) is 11.7 Å². The molecule has 0 spiro atoms. The lowest BCUT2D eigenvalue weighted by molar-refractivity contribution is 0.0951. The van der Waals surface area contributed by atoms with Gasteiger partial charge in [-0.2, -0.15) is 0 Å². The fraction of sp³-hybridized carbons (Fsp3) is 0.100. The number of rotatable bonds is 4. The number of carbonyl (C=O) groups excluding carboxylic acids is 1. The summed E-state index contributed by atoms with van der Waals surface area (Å²) in [5.74, 6) is 1.13. The smallest absolute Gasteiger partial charge is 0.255 e. The van der Waals surface area contributed by atoms with Gasteiger partial charge in [0.2, 0.25) is 0 Å². The van der Waals surface area contributed by atoms with Crippen molar-refractivity contribution in [2.24, 2.45) is 0 Å². The molecule has 2 aromatic heterocycles. The molecule has 4 rings (SSSR count). The Hall–Kier alpha value is -3.54. The third kappa shape index (κ3) is 3.17. The van der Waals surface area contributed by atoms with Crippen LogP contribution >= 0.6 is 0 Å². The number of nitrogens with zero attached hydrogens (tertiary/aromatic N) is 4. The molecule has 1 amide bonds. The number of hydrogen-bond donors (Lipinski definition) is 1. The summed E-state index contributed by atoms with van der Waals surface area (Å²) >= 11 is 0. The predicted octanol–water partition coefficient (Wildman–Crippen LogP) is 3.03. The highest BCUT2D eigenvalue weighted by atomic mass is 16.1. The highest BCUT2D eigenvalue weighted by molar-refractivity contribution is 5.94. The molecule has 26 heavy (non-hydrogen) atoms. The van der Waals surface area contributed by atoms with Crippen LogP contribution in [-0.2, 0) is 6.54 Å². The zero-order valence-corrected chi connectivity index (χ0v) is 14.3. The maximum atomic E-state index is 12.4. The van der Waals surface area contributed by atoms with Crippen LogP contribution in [0.15, 0.2) is 67.0 Å². The zero-order valence-electron chi connectivity index (χ0n) is 14.3. The van der Waals surface area contributed by atoms with Gasteiger partial charge >= 0.3 is 0 Å². The SMILES string of the molecule is Cc1cccc(CNC(=O)c2ccc(-c3nnc4ncccn34)cc2)c1. The average Bonchev–Trinajstić information content (AvgIpc) is 3.10. The average molecular weight is 343 g/mol. The topological polar surface area (TPSA) is 72.2 Å². The van der Waals surface area contributed by atoms with Crippen molar-refractivity contribution in [3.63, 3.8) is 0 Å². The van der Waals surface area contributed by atoms with Gasteiger partial charge < -0.3 is 5.32 Å². The molecule has 0 saturated heterocycles. The summed E-state index contributed by atoms with van der Waals surface area (Å²) in [6.07, 6.45) is 3.54. The summed E-state index contributed by atoms with van der Waals surface area (Å²) in [4.78, 5) is 16.5. The molecular weight excluding hydrogens is 326 g/mol. The van der Waals surface area contributed by atoms with E-state index in [0.29, 0.717) is 23.7 Å². The summed E-state index contributed by atoms with van der Waals surface area (Å²) in [6, 6.07) is 17.2. The summed E-state index contributed by atoms with van der Waals surface area (Å²) in [6.45, 7) is 2.54. The number of hydrogen-bond acceptors (Lipinski definition) is 4. The van der Waals surface area contributed by atoms with Crippen LogP contribution in [0, 0.1) is 6.92 Å². The first-order chi connectivity index (χ1) is 12.7. The minimum Gasteiger partial charge on any atom is -0.348 e. The Labute approximate surface area is 150 Å². The molecule has 0 radical (unpaired) electrons. The molecule has 0 bridgehead atoms. The van der Waals surface area contributed by atoms with Crippen LogP contribution in [0.5, 0.6) is 0 Å². The summed E-state index contributed by atoms with van der Waals surface area (Å²) in [7, 11) is 0. The standard InChI is InChI=1S/C20H17N5O/c1-14-4-2-5-15(12-14)13-22-19(26)17-8-6-16(7-9-17)18-23-24-20-21-10-3-11-25(18)20/h2-12H,13H2,1H3,(H,22,26). The van der Waals surface area contributed by atoms with Gasteiger partial charge in [-0.25, -0.2) is 4.98 Å². The first-order valence-electron chi connectivity index (χ1n) is 8.31. The highest BCUT2D eigenvalue weighted by Crippen LogP contribution is 2.18. The second kappa shape index (κ2) is 6.76. The molecular formula is C20H17N5O. The number of nitrogens with one attached hydrogen (secondary N) is 1. The molecule has 6 heteroatoms. The van der Waals surface area contributed by atoms with Crippen LogP contribution in [0.3, 0.4) is 0 Å². The van der Waals surface area contributed by atoms with Crippen LogP contribution in [0.25, 0.3) is 17.2 Å². The number of amides is 1. The molecule has 4 aromatic rings. The first-order valence-corrected chi connectivity index (χ1v) is 8.31. The molecule has 2 heterocycles. The van der Waals surface area contributed by atoms with Gasteiger partial charge in [0.1, 0.15) is 0 Å².